The first-order valence-corrected chi connectivity index (χ1v) is 11.8. The minimum atomic E-state index is 0.0471. The molecule has 0 aliphatic carbocycles. The fourth-order valence-corrected chi connectivity index (χ4v) is 4.78. The lowest BCUT2D eigenvalue weighted by molar-refractivity contribution is -0.127. The molecule has 2 aliphatic heterocycles. The molecule has 6 heteroatoms. The van der Waals surface area contributed by atoms with Crippen LogP contribution in [-0.2, 0) is 9.59 Å². The third-order valence-corrected chi connectivity index (χ3v) is 6.62. The molecule has 0 aromatic carbocycles. The first kappa shape index (κ1) is 24.1. The SMILES string of the molecule is CC(C)NC(=O)C1CCN(C(C)CCC(C)NC(=O)[C@@H]2CCCN2C(C)C)CC1. The van der Waals surface area contributed by atoms with E-state index in [1.54, 1.807) is 0 Å². The predicted octanol–water partition coefficient (Wildman–Crippen LogP) is 2.77. The van der Waals surface area contributed by atoms with Gasteiger partial charge in [-0.3, -0.25) is 14.5 Å². The van der Waals surface area contributed by atoms with E-state index in [2.05, 4.69) is 48.1 Å². The zero-order valence-electron chi connectivity index (χ0n) is 19.5. The summed E-state index contributed by atoms with van der Waals surface area (Å²) in [4.78, 5) is 29.7. The van der Waals surface area contributed by atoms with Crippen LogP contribution in [0.5, 0.6) is 0 Å². The summed E-state index contributed by atoms with van der Waals surface area (Å²) >= 11 is 0. The van der Waals surface area contributed by atoms with E-state index in [9.17, 15) is 9.59 Å². The molecule has 6 nitrogen and oxygen atoms in total. The van der Waals surface area contributed by atoms with Crippen LogP contribution in [0, 0.1) is 5.92 Å². The topological polar surface area (TPSA) is 64.7 Å². The molecule has 0 radical (unpaired) electrons. The molecule has 0 aromatic heterocycles. The lowest BCUT2D eigenvalue weighted by Crippen LogP contribution is -2.48. The quantitative estimate of drug-likeness (QED) is 0.616. The maximum absolute atomic E-state index is 12.7. The first-order chi connectivity index (χ1) is 13.7. The molecule has 2 rings (SSSR count). The van der Waals surface area contributed by atoms with Crippen molar-refractivity contribution >= 4 is 11.8 Å². The van der Waals surface area contributed by atoms with Crippen molar-refractivity contribution in [2.75, 3.05) is 19.6 Å². The highest BCUT2D eigenvalue weighted by atomic mass is 16.2. The van der Waals surface area contributed by atoms with Crippen LogP contribution in [0.15, 0.2) is 0 Å². The number of amides is 2. The van der Waals surface area contributed by atoms with Crippen LogP contribution >= 0.6 is 0 Å². The van der Waals surface area contributed by atoms with Gasteiger partial charge in [-0.2, -0.15) is 0 Å². The molecule has 2 fully saturated rings. The second kappa shape index (κ2) is 11.3. The number of nitrogens with zero attached hydrogens (tertiary/aromatic N) is 2. The molecule has 0 aromatic rings. The van der Waals surface area contributed by atoms with E-state index in [-0.39, 0.29) is 35.9 Å². The molecule has 2 amide bonds. The Morgan fingerprint density at radius 2 is 1.52 bits per heavy atom. The Morgan fingerprint density at radius 1 is 0.862 bits per heavy atom. The Hall–Kier alpha value is -1.14. The zero-order valence-corrected chi connectivity index (χ0v) is 19.5. The molecule has 29 heavy (non-hydrogen) atoms. The van der Waals surface area contributed by atoms with Gasteiger partial charge in [-0.05, 0) is 99.7 Å². The average molecular weight is 409 g/mol. The number of carbonyl (C=O) groups excluding carboxylic acids is 2. The zero-order chi connectivity index (χ0) is 21.6. The normalized spacial score (nSPS) is 24.1. The predicted molar refractivity (Wildman–Crippen MR) is 119 cm³/mol. The Labute approximate surface area is 178 Å². The summed E-state index contributed by atoms with van der Waals surface area (Å²) in [6, 6.07) is 1.38. The summed E-state index contributed by atoms with van der Waals surface area (Å²) in [5.41, 5.74) is 0. The molecule has 2 aliphatic rings. The van der Waals surface area contributed by atoms with Crippen LogP contribution in [0.1, 0.15) is 80.1 Å². The Bertz CT molecular complexity index is 529. The van der Waals surface area contributed by atoms with Gasteiger partial charge in [0.05, 0.1) is 6.04 Å². The van der Waals surface area contributed by atoms with Gasteiger partial charge in [-0.1, -0.05) is 0 Å². The lowest BCUT2D eigenvalue weighted by Gasteiger charge is -2.36. The standard InChI is InChI=1S/C23H44N4O2/c1-16(2)24-22(28)20-11-14-26(15-12-20)19(6)10-9-18(5)25-23(29)21-8-7-13-27(21)17(3)4/h16-21H,7-15H2,1-6H3,(H,24,28)(H,25,29)/t18?,19?,21-/m0/s1. The van der Waals surface area contributed by atoms with E-state index in [0.29, 0.717) is 12.1 Å². The second-order valence-electron chi connectivity index (χ2n) is 9.80. The van der Waals surface area contributed by atoms with E-state index in [4.69, 9.17) is 0 Å². The van der Waals surface area contributed by atoms with E-state index in [1.807, 2.05) is 13.8 Å². The van der Waals surface area contributed by atoms with Gasteiger partial charge in [0, 0.05) is 30.1 Å². The Morgan fingerprint density at radius 3 is 2.10 bits per heavy atom. The fraction of sp³-hybridized carbons (Fsp3) is 0.913. The third-order valence-electron chi connectivity index (χ3n) is 6.62. The van der Waals surface area contributed by atoms with Crippen molar-refractivity contribution in [2.45, 2.75) is 110 Å². The van der Waals surface area contributed by atoms with Crippen molar-refractivity contribution in [3.63, 3.8) is 0 Å². The van der Waals surface area contributed by atoms with Crippen molar-refractivity contribution < 1.29 is 9.59 Å². The maximum Gasteiger partial charge on any atom is 0.237 e. The number of nitrogens with one attached hydrogen (secondary N) is 2. The van der Waals surface area contributed by atoms with Crippen molar-refractivity contribution in [1.82, 2.24) is 20.4 Å². The van der Waals surface area contributed by atoms with E-state index < -0.39 is 0 Å². The maximum atomic E-state index is 12.7. The van der Waals surface area contributed by atoms with E-state index >= 15 is 0 Å². The monoisotopic (exact) mass is 408 g/mol. The van der Waals surface area contributed by atoms with Gasteiger partial charge in [0.25, 0.3) is 0 Å². The smallest absolute Gasteiger partial charge is 0.237 e. The van der Waals surface area contributed by atoms with E-state index in [1.165, 1.54) is 0 Å². The number of hydrogen-bond donors (Lipinski definition) is 2. The number of hydrogen-bond acceptors (Lipinski definition) is 4. The minimum Gasteiger partial charge on any atom is -0.354 e. The highest BCUT2D eigenvalue weighted by Gasteiger charge is 2.33. The summed E-state index contributed by atoms with van der Waals surface area (Å²) < 4.78 is 0. The summed E-state index contributed by atoms with van der Waals surface area (Å²) in [5.74, 6) is 0.578. The summed E-state index contributed by atoms with van der Waals surface area (Å²) in [6.45, 7) is 15.8. The van der Waals surface area contributed by atoms with Crippen molar-refractivity contribution in [3.05, 3.63) is 0 Å². The van der Waals surface area contributed by atoms with Gasteiger partial charge in [0.15, 0.2) is 0 Å². The molecular formula is C23H44N4O2. The fourth-order valence-electron chi connectivity index (χ4n) is 4.78. The van der Waals surface area contributed by atoms with Gasteiger partial charge in [-0.15, -0.1) is 0 Å². The molecule has 0 saturated carbocycles. The molecule has 2 saturated heterocycles. The molecule has 2 unspecified atom stereocenters. The average Bonchev–Trinajstić information content (AvgIpc) is 3.16. The molecule has 0 spiro atoms. The van der Waals surface area contributed by atoms with Crippen LogP contribution in [-0.4, -0.2) is 71.5 Å². The molecule has 2 N–H and O–H groups in total. The largest absolute Gasteiger partial charge is 0.354 e. The molecule has 2 heterocycles. The number of carbonyl (C=O) groups is 2. The van der Waals surface area contributed by atoms with Gasteiger partial charge in [0.2, 0.25) is 11.8 Å². The lowest BCUT2D eigenvalue weighted by atomic mass is 9.94. The molecule has 3 atom stereocenters. The summed E-state index contributed by atoms with van der Waals surface area (Å²) in [7, 11) is 0. The molecular weight excluding hydrogens is 364 g/mol. The van der Waals surface area contributed by atoms with Crippen LogP contribution < -0.4 is 10.6 Å². The van der Waals surface area contributed by atoms with E-state index in [0.717, 1.165) is 58.2 Å². The second-order valence-corrected chi connectivity index (χ2v) is 9.80. The van der Waals surface area contributed by atoms with Crippen molar-refractivity contribution in [1.29, 1.82) is 0 Å². The summed E-state index contributed by atoms with van der Waals surface area (Å²) in [6.07, 6.45) is 6.06. The van der Waals surface area contributed by atoms with Crippen molar-refractivity contribution in [2.24, 2.45) is 5.92 Å². The third kappa shape index (κ3) is 7.25. The minimum absolute atomic E-state index is 0.0471. The van der Waals surface area contributed by atoms with Crippen LogP contribution in [0.3, 0.4) is 0 Å². The van der Waals surface area contributed by atoms with Crippen LogP contribution in [0.25, 0.3) is 0 Å². The van der Waals surface area contributed by atoms with Gasteiger partial charge >= 0.3 is 0 Å². The van der Waals surface area contributed by atoms with Crippen molar-refractivity contribution in [3.8, 4) is 0 Å². The Kier molecular flexibility index (Phi) is 9.41. The highest BCUT2D eigenvalue weighted by Crippen LogP contribution is 2.22. The summed E-state index contributed by atoms with van der Waals surface area (Å²) in [5, 5.41) is 6.30. The molecule has 168 valence electrons. The number of likely N-dealkylation sites (tertiary alicyclic amines) is 2. The Balaban J connectivity index is 1.69. The number of rotatable bonds is 9. The first-order valence-electron chi connectivity index (χ1n) is 11.8. The van der Waals surface area contributed by atoms with Gasteiger partial charge < -0.3 is 15.5 Å². The van der Waals surface area contributed by atoms with Gasteiger partial charge in [0.1, 0.15) is 0 Å². The van der Waals surface area contributed by atoms with Crippen LogP contribution in [0.4, 0.5) is 0 Å². The highest BCUT2D eigenvalue weighted by molar-refractivity contribution is 5.82. The molecule has 0 bridgehead atoms. The van der Waals surface area contributed by atoms with Crippen LogP contribution in [0.2, 0.25) is 0 Å². The van der Waals surface area contributed by atoms with Gasteiger partial charge in [-0.25, -0.2) is 0 Å². The number of piperidine rings is 1.